The number of nitrogens with zero attached hydrogens (tertiary/aromatic N) is 2. The molecular weight excluding hydrogens is 386 g/mol. The van der Waals surface area contributed by atoms with Crippen LogP contribution in [0.5, 0.6) is 0 Å². The van der Waals surface area contributed by atoms with Crippen molar-refractivity contribution in [3.63, 3.8) is 0 Å². The van der Waals surface area contributed by atoms with Crippen molar-refractivity contribution in [2.75, 3.05) is 12.8 Å². The number of hydrogen-bond acceptors (Lipinski definition) is 5. The monoisotopic (exact) mass is 410 g/mol. The molecule has 8 heteroatoms. The number of benzene rings is 2. The summed E-state index contributed by atoms with van der Waals surface area (Å²) in [6, 6.07) is 8.64. The second-order valence-corrected chi connectivity index (χ2v) is 7.27. The third kappa shape index (κ3) is 4.60. The molecule has 3 rings (SSSR count). The topological polar surface area (TPSA) is 103 Å². The molecule has 1 aromatic heterocycles. The molecule has 0 fully saturated rings. The Bertz CT molecular complexity index is 1070. The van der Waals surface area contributed by atoms with Gasteiger partial charge in [-0.05, 0) is 48.9 Å². The molecule has 0 amide bonds. The Morgan fingerprint density at radius 3 is 2.53 bits per heavy atom. The number of anilines is 1. The minimum atomic E-state index is -0.650. The Kier molecular flexibility index (Phi) is 6.37. The van der Waals surface area contributed by atoms with Crippen LogP contribution in [-0.2, 0) is 0 Å². The van der Waals surface area contributed by atoms with Crippen LogP contribution in [0.25, 0.3) is 17.5 Å². The lowest BCUT2D eigenvalue weighted by Gasteiger charge is -2.16. The summed E-state index contributed by atoms with van der Waals surface area (Å²) in [5, 5.41) is 18.6. The fourth-order valence-electron chi connectivity index (χ4n) is 3.14. The molecule has 0 aliphatic rings. The number of hydrogen-bond donors (Lipinski definition) is 4. The van der Waals surface area contributed by atoms with Crippen molar-refractivity contribution in [1.29, 1.82) is 5.41 Å². The highest BCUT2D eigenvalue weighted by molar-refractivity contribution is 6.12. The smallest absolute Gasteiger partial charge is 0.181 e. The van der Waals surface area contributed by atoms with Crippen LogP contribution >= 0.6 is 0 Å². The molecule has 2 aromatic carbocycles. The van der Waals surface area contributed by atoms with Gasteiger partial charge in [0.25, 0.3) is 0 Å². The number of rotatable bonds is 7. The summed E-state index contributed by atoms with van der Waals surface area (Å²) in [7, 11) is 1.84. The third-order valence-corrected chi connectivity index (χ3v) is 4.77. The average molecular weight is 410 g/mol. The highest BCUT2D eigenvalue weighted by Crippen LogP contribution is 2.27. The van der Waals surface area contributed by atoms with E-state index in [9.17, 15) is 8.78 Å². The van der Waals surface area contributed by atoms with Gasteiger partial charge >= 0.3 is 0 Å². The van der Waals surface area contributed by atoms with Gasteiger partial charge in [0, 0.05) is 11.1 Å². The molecule has 1 unspecified atom stereocenters. The van der Waals surface area contributed by atoms with Gasteiger partial charge < -0.3 is 16.5 Å². The van der Waals surface area contributed by atoms with Gasteiger partial charge in [-0.3, -0.25) is 5.10 Å². The lowest BCUT2D eigenvalue weighted by molar-refractivity contribution is 0.424. The molecule has 0 saturated carbocycles. The first-order valence-corrected chi connectivity index (χ1v) is 9.51. The van der Waals surface area contributed by atoms with Crippen molar-refractivity contribution in [2.24, 2.45) is 5.92 Å². The average Bonchev–Trinajstić information content (AvgIpc) is 3.19. The molecule has 0 spiro atoms. The second-order valence-electron chi connectivity index (χ2n) is 7.27. The summed E-state index contributed by atoms with van der Waals surface area (Å²) in [6.45, 7) is 4.11. The van der Waals surface area contributed by atoms with Crippen LogP contribution in [0, 0.1) is 23.0 Å². The van der Waals surface area contributed by atoms with Crippen molar-refractivity contribution in [1.82, 2.24) is 20.5 Å². The number of nitrogens with two attached hydrogens (primary N) is 1. The van der Waals surface area contributed by atoms with Gasteiger partial charge in [-0.15, -0.1) is 0 Å². The zero-order valence-electron chi connectivity index (χ0n) is 17.0. The molecule has 0 aliphatic heterocycles. The summed E-state index contributed by atoms with van der Waals surface area (Å²) in [6.07, 6.45) is 3.12. The predicted octanol–water partition coefficient (Wildman–Crippen LogP) is 4.33. The fraction of sp³-hybridized carbons (Fsp3) is 0.227. The van der Waals surface area contributed by atoms with Gasteiger partial charge in [-0.1, -0.05) is 32.1 Å². The molecule has 1 atom stereocenters. The summed E-state index contributed by atoms with van der Waals surface area (Å²) >= 11 is 0. The maximum Gasteiger partial charge on any atom is 0.181 e. The van der Waals surface area contributed by atoms with E-state index in [4.69, 9.17) is 11.1 Å². The first-order valence-electron chi connectivity index (χ1n) is 9.51. The largest absolute Gasteiger partial charge is 0.396 e. The Morgan fingerprint density at radius 2 is 1.90 bits per heavy atom. The Morgan fingerprint density at radius 1 is 1.20 bits per heavy atom. The Balaban J connectivity index is 1.92. The van der Waals surface area contributed by atoms with Gasteiger partial charge in [0.15, 0.2) is 5.82 Å². The highest BCUT2D eigenvalue weighted by atomic mass is 19.1. The normalized spacial score (nSPS) is 12.6. The zero-order valence-corrected chi connectivity index (χ0v) is 17.0. The maximum absolute atomic E-state index is 14.5. The molecule has 0 radical (unpaired) electrons. The van der Waals surface area contributed by atoms with Crippen molar-refractivity contribution >= 4 is 17.5 Å². The minimum absolute atomic E-state index is 0.0172. The second kappa shape index (κ2) is 8.96. The Labute approximate surface area is 173 Å². The lowest BCUT2D eigenvalue weighted by Crippen LogP contribution is -2.22. The first kappa shape index (κ1) is 21.3. The molecule has 6 nitrogen and oxygen atoms in total. The van der Waals surface area contributed by atoms with E-state index >= 15 is 0 Å². The van der Waals surface area contributed by atoms with Crippen LogP contribution in [0.4, 0.5) is 14.5 Å². The summed E-state index contributed by atoms with van der Waals surface area (Å²) in [4.78, 5) is 4.49. The lowest BCUT2D eigenvalue weighted by atomic mass is 10.0. The van der Waals surface area contributed by atoms with Gasteiger partial charge in [0.05, 0.1) is 17.4 Å². The number of nitrogen functional groups attached to an aromatic ring is 1. The summed E-state index contributed by atoms with van der Waals surface area (Å²) < 4.78 is 27.5. The maximum atomic E-state index is 14.5. The van der Waals surface area contributed by atoms with E-state index < -0.39 is 5.82 Å². The van der Waals surface area contributed by atoms with Crippen molar-refractivity contribution in [3.8, 4) is 11.4 Å². The van der Waals surface area contributed by atoms with Crippen LogP contribution in [0.3, 0.4) is 0 Å². The number of nitrogens with one attached hydrogen (secondary N) is 3. The summed E-state index contributed by atoms with van der Waals surface area (Å²) in [5.74, 6) is 0.251. The number of H-pyrrole nitrogens is 1. The van der Waals surface area contributed by atoms with Gasteiger partial charge in [-0.2, -0.15) is 5.10 Å². The SMILES string of the molecule is CNC(c1nc(-c2cc(F)c(N)c(C(=N)/C=C/c3ccc(F)cc3)c2)n[nH]1)C(C)C. The zero-order chi connectivity index (χ0) is 21.8. The summed E-state index contributed by atoms with van der Waals surface area (Å²) in [5.41, 5.74) is 7.12. The van der Waals surface area contributed by atoms with Crippen molar-refractivity contribution < 1.29 is 8.78 Å². The molecule has 0 aliphatic carbocycles. The van der Waals surface area contributed by atoms with Gasteiger partial charge in [0.1, 0.15) is 17.5 Å². The number of halogens is 2. The standard InChI is InChI=1S/C22H24F2N6/c1-12(2)20(27-3)22-28-21(29-30-22)14-10-16(19(26)17(24)11-14)18(25)9-6-13-4-7-15(23)8-5-13/h4-12,20,25,27H,26H2,1-3H3,(H,28,29,30)/b9-6+,25-18?. The molecular formula is C22H24F2N6. The predicted molar refractivity (Wildman–Crippen MR) is 115 cm³/mol. The number of aromatic amines is 1. The third-order valence-electron chi connectivity index (χ3n) is 4.77. The van der Waals surface area contributed by atoms with Crippen LogP contribution in [-0.4, -0.2) is 27.9 Å². The quantitative estimate of drug-likeness (QED) is 0.344. The Hall–Kier alpha value is -3.39. The number of allylic oxidation sites excluding steroid dienone is 1. The molecule has 1 heterocycles. The first-order chi connectivity index (χ1) is 14.3. The molecule has 30 heavy (non-hydrogen) atoms. The van der Waals surface area contributed by atoms with Crippen LogP contribution < -0.4 is 11.1 Å². The van der Waals surface area contributed by atoms with Crippen LogP contribution in [0.2, 0.25) is 0 Å². The van der Waals surface area contributed by atoms with E-state index in [1.165, 1.54) is 24.3 Å². The molecule has 0 saturated heterocycles. The van der Waals surface area contributed by atoms with Crippen LogP contribution in [0.1, 0.15) is 36.8 Å². The number of aromatic nitrogens is 3. The van der Waals surface area contributed by atoms with Gasteiger partial charge in [-0.25, -0.2) is 13.8 Å². The van der Waals surface area contributed by atoms with E-state index in [0.717, 1.165) is 0 Å². The van der Waals surface area contributed by atoms with E-state index in [1.807, 2.05) is 7.05 Å². The molecule has 3 aromatic rings. The van der Waals surface area contributed by atoms with E-state index in [2.05, 4.69) is 34.3 Å². The van der Waals surface area contributed by atoms with Crippen molar-refractivity contribution in [2.45, 2.75) is 19.9 Å². The fourth-order valence-corrected chi connectivity index (χ4v) is 3.14. The minimum Gasteiger partial charge on any atom is -0.396 e. The molecule has 0 bridgehead atoms. The van der Waals surface area contributed by atoms with E-state index in [1.54, 1.807) is 24.3 Å². The van der Waals surface area contributed by atoms with Gasteiger partial charge in [0.2, 0.25) is 0 Å². The molecule has 5 N–H and O–H groups in total. The van der Waals surface area contributed by atoms with E-state index in [-0.39, 0.29) is 34.7 Å². The van der Waals surface area contributed by atoms with Crippen LogP contribution in [0.15, 0.2) is 42.5 Å². The van der Waals surface area contributed by atoms with E-state index in [0.29, 0.717) is 22.8 Å². The van der Waals surface area contributed by atoms with Crippen molar-refractivity contribution in [3.05, 3.63) is 71.1 Å². The molecule has 156 valence electrons. The highest BCUT2D eigenvalue weighted by Gasteiger charge is 2.20.